The van der Waals surface area contributed by atoms with Crippen molar-refractivity contribution >= 4 is 27.3 Å². The maximum absolute atomic E-state index is 13.6. The molecule has 23 heavy (non-hydrogen) atoms. The number of carbonyl (C=O) groups is 1. The zero-order valence-electron chi connectivity index (χ0n) is 12.8. The largest absolute Gasteiger partial charge is 0.324 e. The summed E-state index contributed by atoms with van der Waals surface area (Å²) in [5.74, 6) is -1.09. The topological polar surface area (TPSA) is 75.3 Å². The number of halogens is 1. The molecule has 1 amide bonds. The average molecular weight is 336 g/mol. The highest BCUT2D eigenvalue weighted by atomic mass is 32.2. The van der Waals surface area contributed by atoms with Crippen LogP contribution in [0.5, 0.6) is 0 Å². The van der Waals surface area contributed by atoms with Gasteiger partial charge in [0, 0.05) is 6.92 Å². The van der Waals surface area contributed by atoms with E-state index >= 15 is 0 Å². The first-order chi connectivity index (χ1) is 10.8. The van der Waals surface area contributed by atoms with E-state index in [1.165, 1.54) is 31.2 Å². The lowest BCUT2D eigenvalue weighted by atomic mass is 10.2. The highest BCUT2D eigenvalue weighted by Crippen LogP contribution is 2.22. The quantitative estimate of drug-likeness (QED) is 0.881. The van der Waals surface area contributed by atoms with E-state index in [9.17, 15) is 17.6 Å². The Morgan fingerprint density at radius 2 is 1.78 bits per heavy atom. The molecule has 0 heterocycles. The van der Waals surface area contributed by atoms with Crippen molar-refractivity contribution in [3.05, 3.63) is 53.8 Å². The van der Waals surface area contributed by atoms with Gasteiger partial charge in [0.25, 0.3) is 10.0 Å². The molecular weight excluding hydrogens is 319 g/mol. The first kappa shape index (κ1) is 17.0. The Bertz CT molecular complexity index is 818. The molecular formula is C16H17FN2O3S. The van der Waals surface area contributed by atoms with Crippen LogP contribution in [0.25, 0.3) is 0 Å². The van der Waals surface area contributed by atoms with Gasteiger partial charge in [0.15, 0.2) is 0 Å². The monoisotopic (exact) mass is 336 g/mol. The van der Waals surface area contributed by atoms with Crippen LogP contribution in [0.15, 0.2) is 47.4 Å². The predicted molar refractivity (Wildman–Crippen MR) is 87.3 cm³/mol. The van der Waals surface area contributed by atoms with E-state index in [0.717, 1.165) is 18.1 Å². The van der Waals surface area contributed by atoms with Crippen LogP contribution < -0.4 is 10.0 Å². The van der Waals surface area contributed by atoms with Gasteiger partial charge in [-0.05, 0) is 42.3 Å². The van der Waals surface area contributed by atoms with Gasteiger partial charge in [0.2, 0.25) is 5.91 Å². The first-order valence-electron chi connectivity index (χ1n) is 7.00. The van der Waals surface area contributed by atoms with Crippen LogP contribution >= 0.6 is 0 Å². The van der Waals surface area contributed by atoms with E-state index in [-0.39, 0.29) is 16.3 Å². The molecule has 122 valence electrons. The van der Waals surface area contributed by atoms with Crippen molar-refractivity contribution in [2.75, 3.05) is 10.0 Å². The van der Waals surface area contributed by atoms with Gasteiger partial charge in [-0.1, -0.05) is 19.1 Å². The van der Waals surface area contributed by atoms with Crippen molar-refractivity contribution in [3.63, 3.8) is 0 Å². The minimum Gasteiger partial charge on any atom is -0.324 e. The number of benzene rings is 2. The molecule has 5 nitrogen and oxygen atoms in total. The average Bonchev–Trinajstić information content (AvgIpc) is 2.50. The molecule has 0 spiro atoms. The molecule has 0 aliphatic carbocycles. The summed E-state index contributed by atoms with van der Waals surface area (Å²) in [5, 5.41) is 2.31. The molecule has 0 atom stereocenters. The van der Waals surface area contributed by atoms with Crippen molar-refractivity contribution in [2.24, 2.45) is 0 Å². The molecule has 0 saturated heterocycles. The van der Waals surface area contributed by atoms with Gasteiger partial charge in [-0.3, -0.25) is 9.52 Å². The van der Waals surface area contributed by atoms with Crippen LogP contribution in [0.3, 0.4) is 0 Å². The minimum absolute atomic E-state index is 0.0842. The normalized spacial score (nSPS) is 11.1. The number of hydrogen-bond donors (Lipinski definition) is 2. The lowest BCUT2D eigenvalue weighted by molar-refractivity contribution is -0.114. The summed E-state index contributed by atoms with van der Waals surface area (Å²) in [6, 6.07) is 10.1. The summed E-state index contributed by atoms with van der Waals surface area (Å²) >= 11 is 0. The van der Waals surface area contributed by atoms with Crippen LogP contribution in [-0.2, 0) is 21.2 Å². The molecule has 0 aliphatic rings. The standard InChI is InChI=1S/C16H17FN2O3S/c1-3-12-4-7-14(8-5-12)23(21,22)19-13-6-9-15(17)16(10-13)18-11(2)20/h4-10,19H,3H2,1-2H3,(H,18,20). The van der Waals surface area contributed by atoms with E-state index < -0.39 is 21.7 Å². The van der Waals surface area contributed by atoms with Crippen LogP contribution in [0, 0.1) is 5.82 Å². The molecule has 0 unspecified atom stereocenters. The second-order valence-corrected chi connectivity index (χ2v) is 6.66. The number of amides is 1. The third-order valence-corrected chi connectivity index (χ3v) is 4.57. The summed E-state index contributed by atoms with van der Waals surface area (Å²) < 4.78 is 40.6. The number of hydrogen-bond acceptors (Lipinski definition) is 3. The van der Waals surface area contributed by atoms with E-state index in [2.05, 4.69) is 10.0 Å². The van der Waals surface area contributed by atoms with Crippen LogP contribution in [0.4, 0.5) is 15.8 Å². The highest BCUT2D eigenvalue weighted by molar-refractivity contribution is 7.92. The van der Waals surface area contributed by atoms with Gasteiger partial charge >= 0.3 is 0 Å². The molecule has 0 radical (unpaired) electrons. The lowest BCUT2D eigenvalue weighted by Crippen LogP contribution is -2.14. The van der Waals surface area contributed by atoms with Crippen LogP contribution in [0.1, 0.15) is 19.4 Å². The fourth-order valence-corrected chi connectivity index (χ4v) is 3.04. The minimum atomic E-state index is -3.78. The Balaban J connectivity index is 2.27. The molecule has 2 N–H and O–H groups in total. The van der Waals surface area contributed by atoms with Gasteiger partial charge in [0.05, 0.1) is 16.3 Å². The molecule has 0 aliphatic heterocycles. The molecule has 2 aromatic rings. The highest BCUT2D eigenvalue weighted by Gasteiger charge is 2.15. The Morgan fingerprint density at radius 1 is 1.13 bits per heavy atom. The molecule has 0 bridgehead atoms. The second-order valence-electron chi connectivity index (χ2n) is 4.98. The van der Waals surface area contributed by atoms with Crippen molar-refractivity contribution in [2.45, 2.75) is 25.2 Å². The Hall–Kier alpha value is -2.41. The first-order valence-corrected chi connectivity index (χ1v) is 8.49. The Morgan fingerprint density at radius 3 is 2.35 bits per heavy atom. The number of aryl methyl sites for hydroxylation is 1. The van der Waals surface area contributed by atoms with E-state index in [1.54, 1.807) is 12.1 Å². The zero-order chi connectivity index (χ0) is 17.0. The number of anilines is 2. The van der Waals surface area contributed by atoms with Gasteiger partial charge < -0.3 is 5.32 Å². The smallest absolute Gasteiger partial charge is 0.261 e. The zero-order valence-corrected chi connectivity index (χ0v) is 13.6. The van der Waals surface area contributed by atoms with Crippen molar-refractivity contribution in [3.8, 4) is 0 Å². The fourth-order valence-electron chi connectivity index (χ4n) is 1.99. The lowest BCUT2D eigenvalue weighted by Gasteiger charge is -2.11. The summed E-state index contributed by atoms with van der Waals surface area (Å²) in [7, 11) is -3.78. The molecule has 0 fully saturated rings. The fraction of sp³-hybridized carbons (Fsp3) is 0.188. The van der Waals surface area contributed by atoms with E-state index in [0.29, 0.717) is 0 Å². The van der Waals surface area contributed by atoms with E-state index in [4.69, 9.17) is 0 Å². The Kier molecular flexibility index (Phi) is 5.00. The van der Waals surface area contributed by atoms with Gasteiger partial charge in [-0.2, -0.15) is 0 Å². The van der Waals surface area contributed by atoms with Gasteiger partial charge in [-0.25, -0.2) is 12.8 Å². The maximum Gasteiger partial charge on any atom is 0.261 e. The van der Waals surface area contributed by atoms with Crippen molar-refractivity contribution in [1.82, 2.24) is 0 Å². The molecule has 7 heteroatoms. The Labute approximate surface area is 134 Å². The third kappa shape index (κ3) is 4.29. The predicted octanol–water partition coefficient (Wildman–Crippen LogP) is 3.15. The summed E-state index contributed by atoms with van der Waals surface area (Å²) in [5.41, 5.74) is 1.10. The molecule has 0 saturated carbocycles. The SMILES string of the molecule is CCc1ccc(S(=O)(=O)Nc2ccc(F)c(NC(C)=O)c2)cc1. The van der Waals surface area contributed by atoms with Crippen molar-refractivity contribution < 1.29 is 17.6 Å². The molecule has 2 aromatic carbocycles. The summed E-state index contributed by atoms with van der Waals surface area (Å²) in [4.78, 5) is 11.1. The number of rotatable bonds is 5. The van der Waals surface area contributed by atoms with Crippen LogP contribution in [0.2, 0.25) is 0 Å². The summed E-state index contributed by atoms with van der Waals surface area (Å²) in [6.45, 7) is 3.22. The maximum atomic E-state index is 13.6. The molecule has 0 aromatic heterocycles. The third-order valence-electron chi connectivity index (χ3n) is 3.17. The van der Waals surface area contributed by atoms with Gasteiger partial charge in [0.1, 0.15) is 5.82 Å². The second kappa shape index (κ2) is 6.78. The van der Waals surface area contributed by atoms with Crippen molar-refractivity contribution in [1.29, 1.82) is 0 Å². The van der Waals surface area contributed by atoms with Gasteiger partial charge in [-0.15, -0.1) is 0 Å². The number of nitrogens with one attached hydrogen (secondary N) is 2. The van der Waals surface area contributed by atoms with E-state index in [1.807, 2.05) is 6.92 Å². The molecule has 2 rings (SSSR count). The number of carbonyl (C=O) groups excluding carboxylic acids is 1. The summed E-state index contributed by atoms with van der Waals surface area (Å²) in [6.07, 6.45) is 0.811. The van der Waals surface area contributed by atoms with Crippen LogP contribution in [-0.4, -0.2) is 14.3 Å². The number of sulfonamides is 1.